The molecule has 0 spiro atoms. The Kier molecular flexibility index (Phi) is 5.04. The van der Waals surface area contributed by atoms with E-state index in [9.17, 15) is 13.2 Å². The molecule has 1 aliphatic rings. The Morgan fingerprint density at radius 3 is 2.49 bits per heavy atom. The highest BCUT2D eigenvalue weighted by atomic mass is 79.9. The van der Waals surface area contributed by atoms with E-state index in [1.165, 1.54) is 0 Å². The van der Waals surface area contributed by atoms with Crippen molar-refractivity contribution >= 4 is 67.1 Å². The molecule has 0 saturated carbocycles. The van der Waals surface area contributed by atoms with Crippen molar-refractivity contribution in [1.29, 1.82) is 0 Å². The number of nitrogens with zero attached hydrogens (tertiary/aromatic N) is 2. The molecule has 0 unspecified atom stereocenters. The summed E-state index contributed by atoms with van der Waals surface area (Å²) in [4.78, 5) is 9.77. The van der Waals surface area contributed by atoms with Crippen LogP contribution in [0.3, 0.4) is 0 Å². The Labute approximate surface area is 208 Å². The fraction of sp³-hybridized carbons (Fsp3) is 0.143. The van der Waals surface area contributed by atoms with Crippen molar-refractivity contribution in [1.82, 2.24) is 0 Å². The Morgan fingerprint density at radius 1 is 0.914 bits per heavy atom. The van der Waals surface area contributed by atoms with Crippen molar-refractivity contribution in [2.45, 2.75) is 25.9 Å². The zero-order valence-electron chi connectivity index (χ0n) is 18.9. The summed E-state index contributed by atoms with van der Waals surface area (Å²) in [5, 5.41) is 4.78. The molecule has 5 aromatic rings. The van der Waals surface area contributed by atoms with Crippen LogP contribution in [0.25, 0.3) is 21.5 Å². The van der Waals surface area contributed by atoms with Gasteiger partial charge < -0.3 is 0 Å². The summed E-state index contributed by atoms with van der Waals surface area (Å²) in [6.45, 7) is 4.20. The van der Waals surface area contributed by atoms with Gasteiger partial charge in [-0.3, -0.25) is 0 Å². The highest BCUT2D eigenvalue weighted by molar-refractivity contribution is 9.10. The maximum Gasteiger partial charge on any atom is 0.418 e. The molecule has 1 radical (unpaired) electrons. The van der Waals surface area contributed by atoms with Crippen LogP contribution in [0, 0.1) is 0 Å². The van der Waals surface area contributed by atoms with Gasteiger partial charge in [-0.05, 0) is 29.0 Å². The highest BCUT2D eigenvalue weighted by Gasteiger charge is 2.36. The predicted molar refractivity (Wildman–Crippen MR) is 139 cm³/mol. The number of fused-ring (bicyclic) bond motifs is 1. The molecular formula is C28H18BBrF3N2. The maximum atomic E-state index is 14.1. The fourth-order valence-electron chi connectivity index (χ4n) is 4.98. The normalized spacial score (nSPS) is 13.7. The van der Waals surface area contributed by atoms with Gasteiger partial charge in [-0.25, -0.2) is 9.98 Å². The van der Waals surface area contributed by atoms with E-state index in [-0.39, 0.29) is 11.6 Å². The number of para-hydroxylation sites is 1. The van der Waals surface area contributed by atoms with Gasteiger partial charge in [0.05, 0.1) is 27.7 Å². The van der Waals surface area contributed by atoms with Gasteiger partial charge in [-0.15, -0.1) is 0 Å². The van der Waals surface area contributed by atoms with Crippen LogP contribution in [-0.4, -0.2) is 7.28 Å². The summed E-state index contributed by atoms with van der Waals surface area (Å²) in [5.41, 5.74) is 2.27. The van der Waals surface area contributed by atoms with Gasteiger partial charge in [0.1, 0.15) is 0 Å². The number of rotatable bonds is 2. The lowest BCUT2D eigenvalue weighted by atomic mass is 9.62. The van der Waals surface area contributed by atoms with Crippen molar-refractivity contribution in [2.24, 2.45) is 9.98 Å². The third-order valence-electron chi connectivity index (χ3n) is 6.53. The summed E-state index contributed by atoms with van der Waals surface area (Å²) in [6.07, 6.45) is -4.55. The van der Waals surface area contributed by atoms with Gasteiger partial charge in [0.25, 0.3) is 0 Å². The molecule has 0 fully saturated rings. The van der Waals surface area contributed by atoms with Gasteiger partial charge in [-0.2, -0.15) is 13.2 Å². The number of hydrogen-bond acceptors (Lipinski definition) is 2. The molecule has 0 amide bonds. The Morgan fingerprint density at radius 2 is 1.71 bits per heavy atom. The van der Waals surface area contributed by atoms with Crippen molar-refractivity contribution in [3.8, 4) is 0 Å². The van der Waals surface area contributed by atoms with E-state index in [1.54, 1.807) is 13.3 Å². The van der Waals surface area contributed by atoms with Crippen LogP contribution >= 0.6 is 15.9 Å². The quantitative estimate of drug-likeness (QED) is 0.238. The molecule has 2 nitrogen and oxygen atoms in total. The summed E-state index contributed by atoms with van der Waals surface area (Å²) < 4.78 is 42.7. The zero-order valence-corrected chi connectivity index (χ0v) is 20.5. The second kappa shape index (κ2) is 7.92. The molecule has 0 bridgehead atoms. The number of alkyl halides is 3. The zero-order chi connectivity index (χ0) is 24.5. The topological polar surface area (TPSA) is 24.7 Å². The minimum Gasteiger partial charge on any atom is -0.246 e. The van der Waals surface area contributed by atoms with Gasteiger partial charge in [-0.1, -0.05) is 95.3 Å². The minimum absolute atomic E-state index is 0.0855. The first-order chi connectivity index (χ1) is 16.7. The fourth-order valence-corrected chi connectivity index (χ4v) is 5.46. The van der Waals surface area contributed by atoms with Crippen LogP contribution in [0.5, 0.6) is 0 Å². The van der Waals surface area contributed by atoms with Gasteiger partial charge >= 0.3 is 6.18 Å². The molecule has 0 saturated heterocycles. The summed E-state index contributed by atoms with van der Waals surface area (Å²) in [7, 11) is 1.79. The van der Waals surface area contributed by atoms with Crippen LogP contribution in [0.15, 0.2) is 81.2 Å². The van der Waals surface area contributed by atoms with Gasteiger partial charge in [0.2, 0.25) is 0 Å². The average molecular weight is 530 g/mol. The van der Waals surface area contributed by atoms with Crippen molar-refractivity contribution in [2.75, 3.05) is 0 Å². The molecule has 0 aliphatic carbocycles. The monoisotopic (exact) mass is 529 g/mol. The first kappa shape index (κ1) is 22.3. The molecule has 171 valence electrons. The molecular weight excluding hydrogens is 512 g/mol. The lowest BCUT2D eigenvalue weighted by molar-refractivity contribution is -0.137. The van der Waals surface area contributed by atoms with Crippen LogP contribution in [0.1, 0.15) is 30.9 Å². The van der Waals surface area contributed by atoms with E-state index >= 15 is 0 Å². The highest BCUT2D eigenvalue weighted by Crippen LogP contribution is 2.37. The maximum absolute atomic E-state index is 14.1. The first-order valence-electron chi connectivity index (χ1n) is 11.3. The second-order valence-corrected chi connectivity index (χ2v) is 10.0. The third-order valence-corrected chi connectivity index (χ3v) is 6.99. The minimum atomic E-state index is -4.55. The largest absolute Gasteiger partial charge is 0.418 e. The molecule has 0 N–H and O–H groups in total. The standard InChI is InChI=1S/C28H18BBrF3N2/c1-14(2)17-7-3-4-9-22(17)34-25-18-8-5-6-15-10-11-20-24(23(15)18)27(25)35-26-19(28(31,32)33)12-16(30)13-21(26)29-20/h3-14H,1-2H3. The Balaban J connectivity index is 1.83. The van der Waals surface area contributed by atoms with Crippen LogP contribution < -0.4 is 21.6 Å². The van der Waals surface area contributed by atoms with Crippen LogP contribution in [-0.2, 0) is 6.18 Å². The molecule has 0 aromatic heterocycles. The van der Waals surface area contributed by atoms with E-state index in [1.807, 2.05) is 54.6 Å². The SMILES string of the molecule is CC(C)c1ccccc1N=c1c2c3c(ccc4cccc1c43)[B]c1cc(Br)cc(C(F)(F)F)c1N=2. The molecule has 35 heavy (non-hydrogen) atoms. The lowest BCUT2D eigenvalue weighted by Gasteiger charge is -2.14. The van der Waals surface area contributed by atoms with E-state index in [0.717, 1.165) is 44.3 Å². The molecule has 1 aliphatic heterocycles. The van der Waals surface area contributed by atoms with Gasteiger partial charge in [0, 0.05) is 20.6 Å². The first-order valence-corrected chi connectivity index (χ1v) is 12.1. The third kappa shape index (κ3) is 3.56. The van der Waals surface area contributed by atoms with Gasteiger partial charge in [0.15, 0.2) is 7.28 Å². The molecule has 7 heteroatoms. The Bertz CT molecular complexity index is 1760. The van der Waals surface area contributed by atoms with E-state index < -0.39 is 11.7 Å². The summed E-state index contributed by atoms with van der Waals surface area (Å²) in [6, 6.07) is 20.6. The number of benzene rings is 4. The average Bonchev–Trinajstić information content (AvgIpc) is 3.01. The van der Waals surface area contributed by atoms with Crippen LogP contribution in [0.2, 0.25) is 0 Å². The van der Waals surface area contributed by atoms with Crippen LogP contribution in [0.4, 0.5) is 24.5 Å². The van der Waals surface area contributed by atoms with E-state index in [2.05, 4.69) is 29.8 Å². The predicted octanol–water partition coefficient (Wildman–Crippen LogP) is 6.21. The smallest absolute Gasteiger partial charge is 0.246 e. The Hall–Kier alpha value is -3.19. The lowest BCUT2D eigenvalue weighted by Crippen LogP contribution is -2.29. The number of halogens is 4. The van der Waals surface area contributed by atoms with Crippen molar-refractivity contribution in [3.05, 3.63) is 93.0 Å². The molecule has 5 aromatic carbocycles. The molecule has 6 rings (SSSR count). The summed E-state index contributed by atoms with van der Waals surface area (Å²) in [5.74, 6) is 0.241. The second-order valence-electron chi connectivity index (χ2n) is 9.10. The number of hydrogen-bond donors (Lipinski definition) is 0. The molecule has 1 heterocycles. The summed E-state index contributed by atoms with van der Waals surface area (Å²) >= 11 is 3.25. The van der Waals surface area contributed by atoms with Crippen molar-refractivity contribution in [3.63, 3.8) is 0 Å². The van der Waals surface area contributed by atoms with E-state index in [4.69, 9.17) is 9.98 Å². The van der Waals surface area contributed by atoms with E-state index in [0.29, 0.717) is 20.6 Å². The molecule has 0 atom stereocenters. The van der Waals surface area contributed by atoms with Crippen molar-refractivity contribution < 1.29 is 13.2 Å².